The number of carbonyl (C=O) groups is 2. The van der Waals surface area contributed by atoms with Crippen LogP contribution in [0.15, 0.2) is 0 Å². The maximum atomic E-state index is 12.1. The zero-order chi connectivity index (χ0) is 19.9. The van der Waals surface area contributed by atoms with E-state index in [-0.39, 0.29) is 18.6 Å². The molecule has 4 unspecified atom stereocenters. The topological polar surface area (TPSA) is 125 Å². The van der Waals surface area contributed by atoms with E-state index in [1.807, 2.05) is 0 Å². The van der Waals surface area contributed by atoms with Gasteiger partial charge in [-0.15, -0.1) is 0 Å². The third-order valence-corrected chi connectivity index (χ3v) is 6.22. The molecule has 0 aromatic rings. The van der Waals surface area contributed by atoms with Crippen LogP contribution in [0, 0.1) is 29.1 Å². The molecular formula is C17H29N3O5S. The van der Waals surface area contributed by atoms with Crippen molar-refractivity contribution >= 4 is 21.8 Å². The van der Waals surface area contributed by atoms with Gasteiger partial charge in [-0.25, -0.2) is 13.2 Å². The molecule has 2 N–H and O–H groups in total. The predicted octanol–water partition coefficient (Wildman–Crippen LogP) is 1.23. The fourth-order valence-electron chi connectivity index (χ4n) is 3.28. The molecule has 9 heteroatoms. The number of nitrogens with zero attached hydrogens (tertiary/aromatic N) is 1. The molecule has 26 heavy (non-hydrogen) atoms. The minimum atomic E-state index is -3.75. The maximum absolute atomic E-state index is 12.1. The van der Waals surface area contributed by atoms with E-state index in [0.29, 0.717) is 11.8 Å². The van der Waals surface area contributed by atoms with Gasteiger partial charge in [-0.3, -0.25) is 4.79 Å². The number of ether oxygens (including phenoxy) is 1. The number of nitrogens with one attached hydrogen (secondary N) is 2. The molecule has 1 saturated carbocycles. The fourth-order valence-corrected chi connectivity index (χ4v) is 4.14. The van der Waals surface area contributed by atoms with E-state index in [4.69, 9.17) is 10.00 Å². The molecule has 2 amide bonds. The Kier molecular flexibility index (Phi) is 8.34. The molecule has 0 heterocycles. The van der Waals surface area contributed by atoms with Crippen molar-refractivity contribution in [3.8, 4) is 6.07 Å². The van der Waals surface area contributed by atoms with Crippen molar-refractivity contribution in [2.24, 2.45) is 17.8 Å². The fraction of sp³-hybridized carbons (Fsp3) is 0.824. The molecule has 0 aromatic carbocycles. The second kappa shape index (κ2) is 9.76. The van der Waals surface area contributed by atoms with Crippen molar-refractivity contribution in [2.75, 3.05) is 19.3 Å². The first kappa shape index (κ1) is 22.2. The number of hydrogen-bond acceptors (Lipinski definition) is 6. The normalized spacial score (nSPS) is 24.4. The minimum absolute atomic E-state index is 0.220. The lowest BCUT2D eigenvalue weighted by atomic mass is 9.75. The molecular weight excluding hydrogens is 358 g/mol. The van der Waals surface area contributed by atoms with Crippen LogP contribution in [0.5, 0.6) is 0 Å². The van der Waals surface area contributed by atoms with Gasteiger partial charge < -0.3 is 15.4 Å². The summed E-state index contributed by atoms with van der Waals surface area (Å²) in [4.78, 5) is 24.0. The standard InChI is InChI=1S/C17H29N3O5S/c1-11(2)13-6-5-12(3)9-14(13)25-17(22)20-10-15(26(4,23)24)16(21)19-8-7-18/h11-15H,5-6,8-10H2,1-4H3,(H,19,21)(H,20,22). The summed E-state index contributed by atoms with van der Waals surface area (Å²) in [5.41, 5.74) is 0. The molecule has 0 aliphatic heterocycles. The van der Waals surface area contributed by atoms with Gasteiger partial charge in [0.15, 0.2) is 15.1 Å². The van der Waals surface area contributed by atoms with E-state index < -0.39 is 33.6 Å². The Balaban J connectivity index is 2.67. The zero-order valence-corrected chi connectivity index (χ0v) is 16.6. The SMILES string of the molecule is CC1CCC(C(C)C)C(OC(=O)NCC(C(=O)NCC#N)S(C)(=O)=O)C1. The third kappa shape index (κ3) is 6.83. The van der Waals surface area contributed by atoms with E-state index in [1.165, 1.54) is 0 Å². The number of nitriles is 1. The quantitative estimate of drug-likeness (QED) is 0.633. The lowest BCUT2D eigenvalue weighted by Crippen LogP contribution is -2.48. The van der Waals surface area contributed by atoms with Crippen LogP contribution in [0.1, 0.15) is 40.0 Å². The van der Waals surface area contributed by atoms with Crippen molar-refractivity contribution in [1.82, 2.24) is 10.6 Å². The zero-order valence-electron chi connectivity index (χ0n) is 15.8. The predicted molar refractivity (Wildman–Crippen MR) is 96.9 cm³/mol. The molecule has 1 aliphatic rings. The molecule has 1 rings (SSSR count). The average Bonchev–Trinajstić information content (AvgIpc) is 2.51. The first-order valence-electron chi connectivity index (χ1n) is 8.84. The van der Waals surface area contributed by atoms with E-state index in [2.05, 4.69) is 31.4 Å². The van der Waals surface area contributed by atoms with Crippen molar-refractivity contribution < 1.29 is 22.7 Å². The number of alkyl carbamates (subject to hydrolysis) is 1. The number of rotatable bonds is 7. The lowest BCUT2D eigenvalue weighted by molar-refractivity contribution is -0.120. The summed E-state index contributed by atoms with van der Waals surface area (Å²) in [6.45, 7) is 5.60. The van der Waals surface area contributed by atoms with Crippen LogP contribution in [0.4, 0.5) is 4.79 Å². The number of hydrogen-bond donors (Lipinski definition) is 2. The monoisotopic (exact) mass is 387 g/mol. The number of carbonyl (C=O) groups excluding carboxylic acids is 2. The Labute approximate surface area is 155 Å². The number of sulfone groups is 1. The van der Waals surface area contributed by atoms with E-state index >= 15 is 0 Å². The molecule has 0 saturated heterocycles. The molecule has 148 valence electrons. The highest BCUT2D eigenvalue weighted by molar-refractivity contribution is 7.92. The van der Waals surface area contributed by atoms with Gasteiger partial charge in [0.25, 0.3) is 0 Å². The minimum Gasteiger partial charge on any atom is -0.446 e. The Morgan fingerprint density at radius 3 is 2.46 bits per heavy atom. The van der Waals surface area contributed by atoms with Crippen LogP contribution < -0.4 is 10.6 Å². The molecule has 0 radical (unpaired) electrons. The molecule has 4 atom stereocenters. The van der Waals surface area contributed by atoms with E-state index in [9.17, 15) is 18.0 Å². The van der Waals surface area contributed by atoms with E-state index in [0.717, 1.165) is 25.5 Å². The third-order valence-electron chi connectivity index (χ3n) is 4.80. The van der Waals surface area contributed by atoms with Gasteiger partial charge in [0.05, 0.1) is 6.07 Å². The summed E-state index contributed by atoms with van der Waals surface area (Å²) in [5, 5.41) is 11.6. The van der Waals surface area contributed by atoms with Gasteiger partial charge in [0.2, 0.25) is 5.91 Å². The van der Waals surface area contributed by atoms with Gasteiger partial charge in [-0.2, -0.15) is 5.26 Å². The Morgan fingerprint density at radius 1 is 1.27 bits per heavy atom. The second-order valence-corrected chi connectivity index (χ2v) is 9.57. The largest absolute Gasteiger partial charge is 0.446 e. The average molecular weight is 388 g/mol. The smallest absolute Gasteiger partial charge is 0.407 e. The highest BCUT2D eigenvalue weighted by Gasteiger charge is 2.34. The lowest BCUT2D eigenvalue weighted by Gasteiger charge is -2.36. The highest BCUT2D eigenvalue weighted by Crippen LogP contribution is 2.35. The molecule has 0 bridgehead atoms. The summed E-state index contributed by atoms with van der Waals surface area (Å²) in [6.07, 6.45) is 2.82. The van der Waals surface area contributed by atoms with Crippen LogP contribution in [0.3, 0.4) is 0 Å². The Morgan fingerprint density at radius 2 is 1.92 bits per heavy atom. The second-order valence-electron chi connectivity index (χ2n) is 7.34. The Bertz CT molecular complexity index is 641. The van der Waals surface area contributed by atoms with Crippen LogP contribution in [0.25, 0.3) is 0 Å². The molecule has 0 aromatic heterocycles. The van der Waals surface area contributed by atoms with Gasteiger partial charge in [-0.1, -0.05) is 27.2 Å². The van der Waals surface area contributed by atoms with Gasteiger partial charge in [-0.05, 0) is 30.6 Å². The summed E-state index contributed by atoms with van der Waals surface area (Å²) < 4.78 is 29.1. The molecule has 0 spiro atoms. The van der Waals surface area contributed by atoms with E-state index in [1.54, 1.807) is 6.07 Å². The molecule has 1 aliphatic carbocycles. The van der Waals surface area contributed by atoms with Crippen molar-refractivity contribution in [3.63, 3.8) is 0 Å². The molecule has 8 nitrogen and oxygen atoms in total. The van der Waals surface area contributed by atoms with Crippen LogP contribution >= 0.6 is 0 Å². The van der Waals surface area contributed by atoms with Gasteiger partial charge in [0.1, 0.15) is 12.6 Å². The summed E-state index contributed by atoms with van der Waals surface area (Å²) in [7, 11) is -3.75. The van der Waals surface area contributed by atoms with Gasteiger partial charge >= 0.3 is 6.09 Å². The number of amides is 2. The maximum Gasteiger partial charge on any atom is 0.407 e. The summed E-state index contributed by atoms with van der Waals surface area (Å²) in [5.74, 6) is 0.284. The van der Waals surface area contributed by atoms with Gasteiger partial charge in [0, 0.05) is 12.8 Å². The highest BCUT2D eigenvalue weighted by atomic mass is 32.2. The molecule has 1 fully saturated rings. The Hall–Kier alpha value is -1.82. The summed E-state index contributed by atoms with van der Waals surface area (Å²) in [6, 6.07) is 1.70. The van der Waals surface area contributed by atoms with Crippen molar-refractivity contribution in [1.29, 1.82) is 5.26 Å². The first-order chi connectivity index (χ1) is 12.1. The van der Waals surface area contributed by atoms with Crippen molar-refractivity contribution in [3.05, 3.63) is 0 Å². The first-order valence-corrected chi connectivity index (χ1v) is 10.8. The van der Waals surface area contributed by atoms with Crippen LogP contribution in [-0.2, 0) is 19.4 Å². The summed E-state index contributed by atoms with van der Waals surface area (Å²) >= 11 is 0. The van der Waals surface area contributed by atoms with Crippen molar-refractivity contribution in [2.45, 2.75) is 51.4 Å². The van der Waals surface area contributed by atoms with Crippen LogP contribution in [0.2, 0.25) is 0 Å². The van der Waals surface area contributed by atoms with Crippen LogP contribution in [-0.4, -0.2) is 51.1 Å².